The molecule has 4 aromatic heterocycles. The zero-order valence-electron chi connectivity index (χ0n) is 25.9. The number of hydrogen-bond donors (Lipinski definition) is 2. The number of piperazine rings is 1. The second kappa shape index (κ2) is 12.6. The van der Waals surface area contributed by atoms with E-state index in [1.54, 1.807) is 24.5 Å². The Kier molecular flexibility index (Phi) is 7.70. The third-order valence-corrected chi connectivity index (χ3v) is 8.96. The Morgan fingerprint density at radius 2 is 1.65 bits per heavy atom. The summed E-state index contributed by atoms with van der Waals surface area (Å²) in [6.07, 6.45) is 3.75. The Morgan fingerprint density at radius 1 is 0.833 bits per heavy atom. The third-order valence-electron chi connectivity index (χ3n) is 8.21. The zero-order valence-corrected chi connectivity index (χ0v) is 26.8. The number of amides is 1. The predicted octanol–water partition coefficient (Wildman–Crippen LogP) is 6.73. The molecule has 12 nitrogen and oxygen atoms in total. The third kappa shape index (κ3) is 5.94. The fraction of sp³-hybridized carbons (Fsp3) is 0.143. The molecule has 0 unspecified atom stereocenters. The van der Waals surface area contributed by atoms with Crippen molar-refractivity contribution in [3.05, 3.63) is 103 Å². The molecule has 238 valence electrons. The SMILES string of the molecule is CC(=O)N1CCN(c2ccc(Nc3nccc(-c4c(-c5cccc(Nc6nnc(-c7ccccc7)o6)c5)nc5sccn45)n3)cc2)CC1. The number of imidazole rings is 1. The van der Waals surface area contributed by atoms with Gasteiger partial charge in [0.1, 0.15) is 5.69 Å². The van der Waals surface area contributed by atoms with Gasteiger partial charge in [-0.05, 0) is 54.6 Å². The number of anilines is 5. The van der Waals surface area contributed by atoms with E-state index in [9.17, 15) is 4.79 Å². The van der Waals surface area contributed by atoms with Crippen molar-refractivity contribution in [2.45, 2.75) is 6.92 Å². The first kappa shape index (κ1) is 29.3. The number of hydrogen-bond acceptors (Lipinski definition) is 11. The Labute approximate surface area is 279 Å². The minimum Gasteiger partial charge on any atom is -0.403 e. The minimum atomic E-state index is 0.128. The molecule has 48 heavy (non-hydrogen) atoms. The summed E-state index contributed by atoms with van der Waals surface area (Å²) in [5.74, 6) is 1.05. The lowest BCUT2D eigenvalue weighted by Gasteiger charge is -2.35. The summed E-state index contributed by atoms with van der Waals surface area (Å²) in [4.78, 5) is 31.1. The molecule has 5 heterocycles. The molecule has 1 amide bonds. The summed E-state index contributed by atoms with van der Waals surface area (Å²) in [6.45, 7) is 4.72. The number of fused-ring (bicyclic) bond motifs is 1. The lowest BCUT2D eigenvalue weighted by Crippen LogP contribution is -2.48. The second-order valence-electron chi connectivity index (χ2n) is 11.3. The molecule has 0 radical (unpaired) electrons. The summed E-state index contributed by atoms with van der Waals surface area (Å²) in [5.41, 5.74) is 6.92. The van der Waals surface area contributed by atoms with Gasteiger partial charge in [-0.15, -0.1) is 16.4 Å². The molecule has 7 aromatic rings. The summed E-state index contributed by atoms with van der Waals surface area (Å²) in [7, 11) is 0. The van der Waals surface area contributed by atoms with Gasteiger partial charge in [0, 0.05) is 79.1 Å². The van der Waals surface area contributed by atoms with Crippen LogP contribution in [0.3, 0.4) is 0 Å². The Morgan fingerprint density at radius 3 is 2.46 bits per heavy atom. The van der Waals surface area contributed by atoms with E-state index in [0.29, 0.717) is 17.9 Å². The van der Waals surface area contributed by atoms with Gasteiger partial charge in [0.25, 0.3) is 0 Å². The van der Waals surface area contributed by atoms with Crippen molar-refractivity contribution in [1.82, 2.24) is 34.4 Å². The average Bonchev–Trinajstić information content (AvgIpc) is 3.87. The van der Waals surface area contributed by atoms with Gasteiger partial charge in [-0.25, -0.2) is 15.0 Å². The van der Waals surface area contributed by atoms with Crippen molar-refractivity contribution in [1.29, 1.82) is 0 Å². The lowest BCUT2D eigenvalue weighted by atomic mass is 10.1. The maximum absolute atomic E-state index is 11.7. The summed E-state index contributed by atoms with van der Waals surface area (Å²) < 4.78 is 7.92. The summed E-state index contributed by atoms with van der Waals surface area (Å²) in [5, 5.41) is 17.0. The first-order valence-corrected chi connectivity index (χ1v) is 16.4. The fourth-order valence-electron chi connectivity index (χ4n) is 5.79. The molecule has 8 rings (SSSR count). The molecular weight excluding hydrogens is 625 g/mol. The standard InChI is InChI=1S/C35H30N10O2S/c1-23(46)43-16-18-44(19-17-43)28-12-10-26(11-13-28)37-33-36-15-14-29(39-33)31-30(40-35-45(31)20-21-48-35)25-8-5-9-27(22-25)38-34-42-41-32(47-34)24-6-3-2-4-7-24/h2-15,20-22H,16-19H2,1H3,(H,38,42)(H,36,37,39). The number of rotatable bonds is 8. The number of nitrogens with one attached hydrogen (secondary N) is 2. The van der Waals surface area contributed by atoms with Crippen LogP contribution in [0.25, 0.3) is 39.1 Å². The van der Waals surface area contributed by atoms with Crippen LogP contribution in [0.4, 0.5) is 29.0 Å². The molecule has 0 aliphatic carbocycles. The lowest BCUT2D eigenvalue weighted by molar-refractivity contribution is -0.129. The van der Waals surface area contributed by atoms with Crippen LogP contribution in [-0.4, -0.2) is 66.5 Å². The molecule has 1 saturated heterocycles. The number of thiazole rings is 1. The predicted molar refractivity (Wildman–Crippen MR) is 187 cm³/mol. The molecule has 3 aromatic carbocycles. The zero-order chi connectivity index (χ0) is 32.5. The molecule has 0 saturated carbocycles. The Balaban J connectivity index is 1.03. The highest BCUT2D eigenvalue weighted by Crippen LogP contribution is 2.35. The Hall–Kier alpha value is -6.08. The van der Waals surface area contributed by atoms with Crippen molar-refractivity contribution in [3.63, 3.8) is 0 Å². The van der Waals surface area contributed by atoms with E-state index in [1.165, 1.54) is 0 Å². The molecule has 1 aliphatic rings. The van der Waals surface area contributed by atoms with E-state index < -0.39 is 0 Å². The molecule has 1 fully saturated rings. The monoisotopic (exact) mass is 654 g/mol. The van der Waals surface area contributed by atoms with Crippen LogP contribution < -0.4 is 15.5 Å². The molecule has 2 N–H and O–H groups in total. The normalized spacial score (nSPS) is 13.2. The van der Waals surface area contributed by atoms with Gasteiger partial charge in [0.15, 0.2) is 4.96 Å². The van der Waals surface area contributed by atoms with Crippen LogP contribution in [-0.2, 0) is 4.79 Å². The molecule has 13 heteroatoms. The molecule has 1 aliphatic heterocycles. The van der Waals surface area contributed by atoms with Crippen LogP contribution in [0.1, 0.15) is 6.92 Å². The quantitative estimate of drug-likeness (QED) is 0.182. The summed E-state index contributed by atoms with van der Waals surface area (Å²) >= 11 is 1.56. The maximum Gasteiger partial charge on any atom is 0.320 e. The molecule has 0 atom stereocenters. The average molecular weight is 655 g/mol. The van der Waals surface area contributed by atoms with E-state index in [-0.39, 0.29) is 5.91 Å². The molecule has 0 bridgehead atoms. The highest BCUT2D eigenvalue weighted by atomic mass is 32.1. The van der Waals surface area contributed by atoms with E-state index in [2.05, 4.69) is 47.2 Å². The number of benzene rings is 3. The highest BCUT2D eigenvalue weighted by molar-refractivity contribution is 7.15. The van der Waals surface area contributed by atoms with Gasteiger partial charge in [-0.1, -0.05) is 35.4 Å². The number of nitrogens with zero attached hydrogens (tertiary/aromatic N) is 8. The first-order valence-electron chi connectivity index (χ1n) is 15.5. The maximum atomic E-state index is 11.7. The Bertz CT molecular complexity index is 2200. The van der Waals surface area contributed by atoms with Gasteiger partial charge in [0.05, 0.1) is 11.4 Å². The highest BCUT2D eigenvalue weighted by Gasteiger charge is 2.21. The minimum absolute atomic E-state index is 0.128. The fourth-order valence-corrected chi connectivity index (χ4v) is 6.50. The molecular formula is C35H30N10O2S. The topological polar surface area (TPSA) is 130 Å². The first-order chi connectivity index (χ1) is 23.6. The van der Waals surface area contributed by atoms with Crippen LogP contribution in [0.5, 0.6) is 0 Å². The summed E-state index contributed by atoms with van der Waals surface area (Å²) in [6, 6.07) is 28.0. The largest absolute Gasteiger partial charge is 0.403 e. The van der Waals surface area contributed by atoms with Crippen LogP contribution in [0, 0.1) is 0 Å². The number of aromatic nitrogens is 6. The van der Waals surface area contributed by atoms with E-state index in [0.717, 1.165) is 76.4 Å². The van der Waals surface area contributed by atoms with Crippen LogP contribution >= 0.6 is 11.3 Å². The van der Waals surface area contributed by atoms with Crippen LogP contribution in [0.15, 0.2) is 107 Å². The van der Waals surface area contributed by atoms with Gasteiger partial charge in [-0.3, -0.25) is 9.20 Å². The number of carbonyl (C=O) groups is 1. The van der Waals surface area contributed by atoms with Crippen LogP contribution in [0.2, 0.25) is 0 Å². The van der Waals surface area contributed by atoms with Gasteiger partial charge < -0.3 is 24.9 Å². The smallest absolute Gasteiger partial charge is 0.320 e. The van der Waals surface area contributed by atoms with Crippen molar-refractivity contribution in [2.75, 3.05) is 41.7 Å². The van der Waals surface area contributed by atoms with Gasteiger partial charge in [0.2, 0.25) is 17.7 Å². The number of carbonyl (C=O) groups excluding carboxylic acids is 1. The van der Waals surface area contributed by atoms with Gasteiger partial charge in [-0.2, -0.15) is 0 Å². The van der Waals surface area contributed by atoms with Crippen molar-refractivity contribution in [2.24, 2.45) is 0 Å². The molecule has 0 spiro atoms. The second-order valence-corrected chi connectivity index (χ2v) is 12.2. The van der Waals surface area contributed by atoms with E-state index in [4.69, 9.17) is 14.4 Å². The van der Waals surface area contributed by atoms with Gasteiger partial charge >= 0.3 is 6.01 Å². The van der Waals surface area contributed by atoms with Crippen molar-refractivity contribution < 1.29 is 9.21 Å². The van der Waals surface area contributed by atoms with Crippen molar-refractivity contribution in [3.8, 4) is 34.1 Å². The van der Waals surface area contributed by atoms with E-state index in [1.807, 2.05) is 89.3 Å². The van der Waals surface area contributed by atoms with Crippen molar-refractivity contribution >= 4 is 51.2 Å². The van der Waals surface area contributed by atoms with E-state index >= 15 is 0 Å².